The molecule has 102 valence electrons. The molecule has 1 aliphatic rings. The Morgan fingerprint density at radius 3 is 2.39 bits per heavy atom. The number of likely N-dealkylation sites (tertiary alicyclic amines) is 1. The first-order valence-corrected chi connectivity index (χ1v) is 7.17. The van der Waals surface area contributed by atoms with E-state index >= 15 is 0 Å². The standard InChI is InChI=1S/C15H26N2O/c1-12-13(2)18-14(3)15(12)11-16-7-10-17-8-5-4-6-9-17/h16H,4-11H2,1-3H3. The minimum atomic E-state index is 0.933. The summed E-state index contributed by atoms with van der Waals surface area (Å²) in [6.45, 7) is 12.0. The number of hydrogen-bond donors (Lipinski definition) is 1. The normalized spacial score (nSPS) is 17.3. The van der Waals surface area contributed by atoms with Crippen molar-refractivity contribution in [2.24, 2.45) is 0 Å². The molecule has 2 rings (SSSR count). The van der Waals surface area contributed by atoms with Crippen LogP contribution in [0.25, 0.3) is 0 Å². The summed E-state index contributed by atoms with van der Waals surface area (Å²) in [5, 5.41) is 3.54. The van der Waals surface area contributed by atoms with Crippen LogP contribution in [0, 0.1) is 20.8 Å². The Kier molecular flexibility index (Phi) is 4.84. The van der Waals surface area contributed by atoms with E-state index in [0.717, 1.165) is 24.6 Å². The van der Waals surface area contributed by atoms with E-state index in [9.17, 15) is 0 Å². The maximum atomic E-state index is 5.64. The maximum Gasteiger partial charge on any atom is 0.105 e. The molecule has 1 aliphatic heterocycles. The molecule has 0 radical (unpaired) electrons. The van der Waals surface area contributed by atoms with Crippen molar-refractivity contribution in [3.05, 3.63) is 22.6 Å². The number of nitrogens with one attached hydrogen (secondary N) is 1. The zero-order valence-corrected chi connectivity index (χ0v) is 12.0. The lowest BCUT2D eigenvalue weighted by molar-refractivity contribution is 0.229. The number of piperidine rings is 1. The predicted octanol–water partition coefficient (Wildman–Crippen LogP) is 2.78. The van der Waals surface area contributed by atoms with E-state index in [0.29, 0.717) is 0 Å². The molecule has 0 bridgehead atoms. The van der Waals surface area contributed by atoms with Gasteiger partial charge in [0.25, 0.3) is 0 Å². The topological polar surface area (TPSA) is 28.4 Å². The number of hydrogen-bond acceptors (Lipinski definition) is 3. The van der Waals surface area contributed by atoms with Crippen LogP contribution in [0.15, 0.2) is 4.42 Å². The Bertz CT molecular complexity index is 378. The molecule has 0 saturated carbocycles. The van der Waals surface area contributed by atoms with E-state index in [-0.39, 0.29) is 0 Å². The van der Waals surface area contributed by atoms with Gasteiger partial charge in [0.1, 0.15) is 11.5 Å². The van der Waals surface area contributed by atoms with Crippen LogP contribution in [0.5, 0.6) is 0 Å². The molecule has 2 heterocycles. The Balaban J connectivity index is 1.71. The van der Waals surface area contributed by atoms with E-state index < -0.39 is 0 Å². The quantitative estimate of drug-likeness (QED) is 0.815. The first-order valence-electron chi connectivity index (χ1n) is 7.17. The molecule has 1 fully saturated rings. The van der Waals surface area contributed by atoms with Gasteiger partial charge in [-0.25, -0.2) is 0 Å². The zero-order valence-electron chi connectivity index (χ0n) is 12.0. The molecule has 1 N–H and O–H groups in total. The number of nitrogens with zero attached hydrogens (tertiary/aromatic N) is 1. The molecule has 3 nitrogen and oxygen atoms in total. The second-order valence-electron chi connectivity index (χ2n) is 5.40. The summed E-state index contributed by atoms with van der Waals surface area (Å²) in [7, 11) is 0. The molecule has 18 heavy (non-hydrogen) atoms. The second kappa shape index (κ2) is 6.39. The second-order valence-corrected chi connectivity index (χ2v) is 5.40. The molecule has 0 atom stereocenters. The summed E-state index contributed by atoms with van der Waals surface area (Å²) < 4.78 is 5.64. The van der Waals surface area contributed by atoms with E-state index in [1.54, 1.807) is 0 Å². The van der Waals surface area contributed by atoms with Crippen molar-refractivity contribution in [2.75, 3.05) is 26.2 Å². The van der Waals surface area contributed by atoms with Crippen molar-refractivity contribution in [3.63, 3.8) is 0 Å². The molecular weight excluding hydrogens is 224 g/mol. The van der Waals surface area contributed by atoms with Gasteiger partial charge in [-0.2, -0.15) is 0 Å². The van der Waals surface area contributed by atoms with Crippen LogP contribution in [-0.4, -0.2) is 31.1 Å². The third kappa shape index (κ3) is 3.36. The van der Waals surface area contributed by atoms with Crippen molar-refractivity contribution in [3.8, 4) is 0 Å². The highest BCUT2D eigenvalue weighted by molar-refractivity contribution is 5.31. The maximum absolute atomic E-state index is 5.64. The summed E-state index contributed by atoms with van der Waals surface area (Å²) in [5.74, 6) is 2.12. The first-order chi connectivity index (χ1) is 8.68. The molecule has 0 aromatic carbocycles. The van der Waals surface area contributed by atoms with Crippen molar-refractivity contribution in [1.29, 1.82) is 0 Å². The van der Waals surface area contributed by atoms with E-state index in [1.807, 2.05) is 6.92 Å². The highest BCUT2D eigenvalue weighted by atomic mass is 16.3. The summed E-state index contributed by atoms with van der Waals surface area (Å²) in [5.41, 5.74) is 2.64. The molecule has 1 aromatic heterocycles. The van der Waals surface area contributed by atoms with E-state index in [4.69, 9.17) is 4.42 Å². The fraction of sp³-hybridized carbons (Fsp3) is 0.733. The van der Waals surface area contributed by atoms with Crippen LogP contribution in [0.4, 0.5) is 0 Å². The lowest BCUT2D eigenvalue weighted by Crippen LogP contribution is -2.35. The van der Waals surface area contributed by atoms with Crippen LogP contribution >= 0.6 is 0 Å². The molecule has 3 heteroatoms. The van der Waals surface area contributed by atoms with E-state index in [2.05, 4.69) is 24.1 Å². The van der Waals surface area contributed by atoms with Gasteiger partial charge in [0, 0.05) is 25.2 Å². The molecule has 0 aliphatic carbocycles. The number of rotatable bonds is 5. The molecule has 0 unspecified atom stereocenters. The van der Waals surface area contributed by atoms with Gasteiger partial charge in [0.05, 0.1) is 0 Å². The average Bonchev–Trinajstić information content (AvgIpc) is 2.61. The summed E-state index contributed by atoms with van der Waals surface area (Å²) in [6.07, 6.45) is 4.16. The van der Waals surface area contributed by atoms with Crippen molar-refractivity contribution in [1.82, 2.24) is 10.2 Å². The molecule has 1 aromatic rings. The Morgan fingerprint density at radius 1 is 1.06 bits per heavy atom. The summed E-state index contributed by atoms with van der Waals surface area (Å²) >= 11 is 0. The monoisotopic (exact) mass is 250 g/mol. The minimum absolute atomic E-state index is 0.933. The van der Waals surface area contributed by atoms with Crippen LogP contribution in [0.3, 0.4) is 0 Å². The molecule has 1 saturated heterocycles. The van der Waals surface area contributed by atoms with Gasteiger partial charge in [-0.1, -0.05) is 6.42 Å². The fourth-order valence-electron chi connectivity index (χ4n) is 2.73. The van der Waals surface area contributed by atoms with Crippen LogP contribution in [0.2, 0.25) is 0 Å². The van der Waals surface area contributed by atoms with Crippen molar-refractivity contribution in [2.45, 2.75) is 46.6 Å². The lowest BCUT2D eigenvalue weighted by Gasteiger charge is -2.26. The van der Waals surface area contributed by atoms with E-state index in [1.165, 1.54) is 50.0 Å². The lowest BCUT2D eigenvalue weighted by atomic mass is 10.1. The molecular formula is C15H26N2O. The van der Waals surface area contributed by atoms with Crippen LogP contribution < -0.4 is 5.32 Å². The highest BCUT2D eigenvalue weighted by Gasteiger charge is 2.11. The van der Waals surface area contributed by atoms with Gasteiger partial charge in [-0.05, 0) is 52.3 Å². The predicted molar refractivity (Wildman–Crippen MR) is 74.9 cm³/mol. The van der Waals surface area contributed by atoms with Gasteiger partial charge in [-0.3, -0.25) is 0 Å². The van der Waals surface area contributed by atoms with Gasteiger partial charge in [-0.15, -0.1) is 0 Å². The molecule has 0 spiro atoms. The summed E-state index contributed by atoms with van der Waals surface area (Å²) in [4.78, 5) is 2.57. The Hall–Kier alpha value is -0.800. The van der Waals surface area contributed by atoms with Gasteiger partial charge < -0.3 is 14.6 Å². The van der Waals surface area contributed by atoms with Gasteiger partial charge in [0.2, 0.25) is 0 Å². The van der Waals surface area contributed by atoms with Crippen LogP contribution in [-0.2, 0) is 6.54 Å². The fourth-order valence-corrected chi connectivity index (χ4v) is 2.73. The Morgan fingerprint density at radius 2 is 1.78 bits per heavy atom. The Labute approximate surface area is 111 Å². The SMILES string of the molecule is Cc1oc(C)c(CNCCN2CCCCC2)c1C. The van der Waals surface area contributed by atoms with Crippen molar-refractivity contribution < 1.29 is 4.42 Å². The number of aryl methyl sites for hydroxylation is 2. The minimum Gasteiger partial charge on any atom is -0.466 e. The first kappa shape index (κ1) is 13.6. The van der Waals surface area contributed by atoms with Gasteiger partial charge >= 0.3 is 0 Å². The third-order valence-corrected chi connectivity index (χ3v) is 4.07. The van der Waals surface area contributed by atoms with Crippen molar-refractivity contribution >= 4 is 0 Å². The molecule has 0 amide bonds. The highest BCUT2D eigenvalue weighted by Crippen LogP contribution is 2.20. The summed E-state index contributed by atoms with van der Waals surface area (Å²) in [6, 6.07) is 0. The zero-order chi connectivity index (χ0) is 13.0. The smallest absolute Gasteiger partial charge is 0.105 e. The average molecular weight is 250 g/mol. The third-order valence-electron chi connectivity index (χ3n) is 4.07. The van der Waals surface area contributed by atoms with Crippen LogP contribution in [0.1, 0.15) is 41.9 Å². The largest absolute Gasteiger partial charge is 0.466 e. The van der Waals surface area contributed by atoms with Gasteiger partial charge in [0.15, 0.2) is 0 Å². The number of furan rings is 1.